The number of nitrogens with zero attached hydrogens (tertiary/aromatic N) is 5. The summed E-state index contributed by atoms with van der Waals surface area (Å²) in [5.41, 5.74) is 1.18. The van der Waals surface area contributed by atoms with Crippen LogP contribution >= 0.6 is 0 Å². The number of hydrogen-bond acceptors (Lipinski definition) is 7. The van der Waals surface area contributed by atoms with Gasteiger partial charge in [0.1, 0.15) is 11.6 Å². The number of rotatable bonds is 11. The first-order valence-electron chi connectivity index (χ1n) is 11.5. The molecule has 10 nitrogen and oxygen atoms in total. The van der Waals surface area contributed by atoms with Crippen LogP contribution in [-0.2, 0) is 22.9 Å². The maximum atomic E-state index is 13.2. The third-order valence-electron chi connectivity index (χ3n) is 5.53. The van der Waals surface area contributed by atoms with Gasteiger partial charge in [0.15, 0.2) is 11.3 Å². The first-order chi connectivity index (χ1) is 16.1. The van der Waals surface area contributed by atoms with Gasteiger partial charge in [-0.15, -0.1) is 5.10 Å². The van der Waals surface area contributed by atoms with E-state index < -0.39 is 10.0 Å². The minimum Gasteiger partial charge on any atom is -0.493 e. The lowest BCUT2D eigenvalue weighted by atomic mass is 10.2. The van der Waals surface area contributed by atoms with Gasteiger partial charge in [-0.3, -0.25) is 4.79 Å². The Morgan fingerprint density at radius 2 is 1.85 bits per heavy atom. The van der Waals surface area contributed by atoms with Crippen LogP contribution in [0.5, 0.6) is 5.75 Å². The van der Waals surface area contributed by atoms with Crippen molar-refractivity contribution in [1.29, 1.82) is 0 Å². The van der Waals surface area contributed by atoms with E-state index in [2.05, 4.69) is 15.1 Å². The molecule has 0 aliphatic rings. The lowest BCUT2D eigenvalue weighted by molar-refractivity contribution is 0.341. The molecule has 34 heavy (non-hydrogen) atoms. The standard InChI is InChI=1S/C23H34N6O4S/c1-7-10-20-24-18(8-2)21-23(30)25-22(26-29(20)21)17-15-16(11-12-19(17)33-9-3)34(31,32)28(6)14-13-27(4)5/h11-12,15H,7-10,13-14H2,1-6H3,(H,25,26,30). The van der Waals surface area contributed by atoms with Crippen LogP contribution in [-0.4, -0.2) is 78.0 Å². The highest BCUT2D eigenvalue weighted by Gasteiger charge is 2.24. The van der Waals surface area contributed by atoms with Crippen LogP contribution in [0.4, 0.5) is 0 Å². The molecule has 0 radical (unpaired) electrons. The van der Waals surface area contributed by atoms with Crippen molar-refractivity contribution in [2.24, 2.45) is 0 Å². The van der Waals surface area contributed by atoms with E-state index >= 15 is 0 Å². The number of aryl methyl sites for hydroxylation is 2. The van der Waals surface area contributed by atoms with Crippen LogP contribution < -0.4 is 10.3 Å². The van der Waals surface area contributed by atoms with E-state index in [0.717, 1.165) is 6.42 Å². The maximum Gasteiger partial charge on any atom is 0.277 e. The number of imidazole rings is 1. The average Bonchev–Trinajstić information content (AvgIpc) is 3.16. The van der Waals surface area contributed by atoms with Crippen LogP contribution in [0, 0.1) is 0 Å². The number of aromatic nitrogens is 4. The second kappa shape index (κ2) is 10.7. The fourth-order valence-corrected chi connectivity index (χ4v) is 4.85. The second-order valence-corrected chi connectivity index (χ2v) is 10.4. The van der Waals surface area contributed by atoms with E-state index in [-0.39, 0.29) is 16.3 Å². The molecule has 11 heteroatoms. The Hall–Kier alpha value is -2.76. The van der Waals surface area contributed by atoms with Crippen molar-refractivity contribution in [3.05, 3.63) is 40.1 Å². The normalized spacial score (nSPS) is 12.2. The molecule has 1 N–H and O–H groups in total. The number of H-pyrrole nitrogens is 1. The molecule has 0 aliphatic carbocycles. The molecule has 0 saturated heterocycles. The van der Waals surface area contributed by atoms with E-state index in [1.807, 2.05) is 39.8 Å². The number of aromatic amines is 1. The van der Waals surface area contributed by atoms with Gasteiger partial charge in [0.05, 0.1) is 22.8 Å². The summed E-state index contributed by atoms with van der Waals surface area (Å²) in [5, 5.41) is 4.67. The first kappa shape index (κ1) is 25.9. The Morgan fingerprint density at radius 1 is 1.12 bits per heavy atom. The second-order valence-electron chi connectivity index (χ2n) is 8.36. The van der Waals surface area contributed by atoms with Crippen LogP contribution in [0.3, 0.4) is 0 Å². The topological polar surface area (TPSA) is 113 Å². The van der Waals surface area contributed by atoms with Crippen molar-refractivity contribution in [2.45, 2.75) is 44.9 Å². The number of ether oxygens (including phenoxy) is 1. The Balaban J connectivity index is 2.18. The molecule has 0 aliphatic heterocycles. The lowest BCUT2D eigenvalue weighted by Crippen LogP contribution is -2.33. The molecule has 2 aromatic heterocycles. The quantitative estimate of drug-likeness (QED) is 0.438. The Kier molecular flexibility index (Phi) is 8.11. The van der Waals surface area contributed by atoms with Gasteiger partial charge < -0.3 is 14.6 Å². The molecule has 0 saturated carbocycles. The average molecular weight is 491 g/mol. The lowest BCUT2D eigenvalue weighted by Gasteiger charge is -2.20. The van der Waals surface area contributed by atoms with Gasteiger partial charge in [0, 0.05) is 26.6 Å². The van der Waals surface area contributed by atoms with E-state index in [1.165, 1.54) is 16.4 Å². The number of fused-ring (bicyclic) bond motifs is 1. The van der Waals surface area contributed by atoms with Crippen molar-refractivity contribution in [3.8, 4) is 17.1 Å². The Labute approximate surface area is 200 Å². The number of nitrogens with one attached hydrogen (secondary N) is 1. The highest BCUT2D eigenvalue weighted by atomic mass is 32.2. The fourth-order valence-electron chi connectivity index (χ4n) is 3.66. The summed E-state index contributed by atoms with van der Waals surface area (Å²) in [5.74, 6) is 1.37. The number of likely N-dealkylation sites (N-methyl/N-ethyl adjacent to an activating group) is 2. The summed E-state index contributed by atoms with van der Waals surface area (Å²) in [6.45, 7) is 7.13. The molecule has 0 spiro atoms. The van der Waals surface area contributed by atoms with Crippen molar-refractivity contribution in [3.63, 3.8) is 0 Å². The van der Waals surface area contributed by atoms with Crippen LogP contribution in [0.2, 0.25) is 0 Å². The number of sulfonamides is 1. The molecule has 3 aromatic rings. The summed E-state index contributed by atoms with van der Waals surface area (Å²) >= 11 is 0. The van der Waals surface area contributed by atoms with Crippen molar-refractivity contribution in [2.75, 3.05) is 40.8 Å². The highest BCUT2D eigenvalue weighted by Crippen LogP contribution is 2.31. The van der Waals surface area contributed by atoms with E-state index in [1.54, 1.807) is 17.6 Å². The summed E-state index contributed by atoms with van der Waals surface area (Å²) in [6, 6.07) is 4.63. The Morgan fingerprint density at radius 3 is 2.47 bits per heavy atom. The summed E-state index contributed by atoms with van der Waals surface area (Å²) in [7, 11) is 1.58. The zero-order chi connectivity index (χ0) is 25.0. The molecular weight excluding hydrogens is 456 g/mol. The minimum absolute atomic E-state index is 0.101. The number of benzene rings is 1. The highest BCUT2D eigenvalue weighted by molar-refractivity contribution is 7.89. The molecule has 0 fully saturated rings. The molecule has 2 heterocycles. The van der Waals surface area contributed by atoms with Gasteiger partial charge in [-0.05, 0) is 52.1 Å². The fraction of sp³-hybridized carbons (Fsp3) is 0.522. The van der Waals surface area contributed by atoms with Gasteiger partial charge in [-0.1, -0.05) is 13.8 Å². The molecule has 186 valence electrons. The van der Waals surface area contributed by atoms with Gasteiger partial charge in [-0.2, -0.15) is 4.31 Å². The van der Waals surface area contributed by atoms with E-state index in [0.29, 0.717) is 60.9 Å². The molecule has 0 amide bonds. The van der Waals surface area contributed by atoms with Gasteiger partial charge in [0.25, 0.3) is 5.56 Å². The largest absolute Gasteiger partial charge is 0.493 e. The van der Waals surface area contributed by atoms with Crippen LogP contribution in [0.15, 0.2) is 27.9 Å². The van der Waals surface area contributed by atoms with Gasteiger partial charge in [-0.25, -0.2) is 17.9 Å². The molecule has 0 unspecified atom stereocenters. The Bertz CT molecular complexity index is 1310. The molecule has 3 rings (SSSR count). The zero-order valence-corrected chi connectivity index (χ0v) is 21.6. The van der Waals surface area contributed by atoms with Crippen molar-refractivity contribution in [1.82, 2.24) is 28.8 Å². The predicted molar refractivity (Wildman–Crippen MR) is 132 cm³/mol. The molecule has 1 aromatic carbocycles. The first-order valence-corrected chi connectivity index (χ1v) is 13.0. The SMILES string of the molecule is CCCc1nc(CC)c2c(=O)[nH]c(-c3cc(S(=O)(=O)N(C)CCN(C)C)ccc3OCC)nn12. The summed E-state index contributed by atoms with van der Waals surface area (Å²) in [4.78, 5) is 22.5. The van der Waals surface area contributed by atoms with Crippen LogP contribution in [0.25, 0.3) is 16.9 Å². The number of hydrogen-bond donors (Lipinski definition) is 1. The predicted octanol–water partition coefficient (Wildman–Crippen LogP) is 2.18. The smallest absolute Gasteiger partial charge is 0.277 e. The van der Waals surface area contributed by atoms with Gasteiger partial charge >= 0.3 is 0 Å². The third kappa shape index (κ3) is 5.16. The molecular formula is C23H34N6O4S. The van der Waals surface area contributed by atoms with Gasteiger partial charge in [0.2, 0.25) is 10.0 Å². The van der Waals surface area contributed by atoms with Crippen molar-refractivity contribution >= 4 is 15.5 Å². The molecule has 0 atom stereocenters. The van der Waals surface area contributed by atoms with Crippen molar-refractivity contribution < 1.29 is 13.2 Å². The monoisotopic (exact) mass is 490 g/mol. The van der Waals surface area contributed by atoms with E-state index in [4.69, 9.17) is 4.74 Å². The summed E-state index contributed by atoms with van der Waals surface area (Å²) < 4.78 is 35.1. The summed E-state index contributed by atoms with van der Waals surface area (Å²) in [6.07, 6.45) is 2.12. The minimum atomic E-state index is -3.75. The van der Waals surface area contributed by atoms with Crippen LogP contribution in [0.1, 0.15) is 38.7 Å². The third-order valence-corrected chi connectivity index (χ3v) is 7.38. The zero-order valence-electron chi connectivity index (χ0n) is 20.8. The molecule has 0 bridgehead atoms. The van der Waals surface area contributed by atoms with E-state index in [9.17, 15) is 13.2 Å². The maximum absolute atomic E-state index is 13.2.